The number of carbonyl (C=O) groups excluding carboxylic acids is 3. The molecule has 0 aliphatic heterocycles. The van der Waals surface area contributed by atoms with E-state index in [-0.39, 0.29) is 62.2 Å². The van der Waals surface area contributed by atoms with Gasteiger partial charge in [-0.05, 0) is 327 Å². The minimum atomic E-state index is -3.72. The lowest BCUT2D eigenvalue weighted by molar-refractivity contribution is -0.766. The Balaban J connectivity index is -0.0000000911. The zero-order valence-electron chi connectivity index (χ0n) is 99.4. The summed E-state index contributed by atoms with van der Waals surface area (Å²) in [5.41, 5.74) is 23.7. The number of benzene rings is 1. The van der Waals surface area contributed by atoms with Crippen molar-refractivity contribution in [1.29, 1.82) is 5.26 Å². The van der Waals surface area contributed by atoms with E-state index < -0.39 is 42.4 Å². The summed E-state index contributed by atoms with van der Waals surface area (Å²) in [6.45, 7) is 93.8. The third-order valence-electron chi connectivity index (χ3n) is 10.7. The summed E-state index contributed by atoms with van der Waals surface area (Å²) in [6, 6.07) is 10.3. The Morgan fingerprint density at radius 1 is 0.467 bits per heavy atom. The van der Waals surface area contributed by atoms with Gasteiger partial charge in [0.05, 0.1) is 123 Å². The molecule has 53 heteroatoms. The van der Waals surface area contributed by atoms with Crippen molar-refractivity contribution in [2.24, 2.45) is 21.2 Å². The predicted octanol–water partition coefficient (Wildman–Crippen LogP) is 35.2. The van der Waals surface area contributed by atoms with E-state index in [9.17, 15) is 37.7 Å². The van der Waals surface area contributed by atoms with Crippen molar-refractivity contribution in [3.05, 3.63) is 97.1 Å². The van der Waals surface area contributed by atoms with Crippen molar-refractivity contribution in [1.82, 2.24) is 0 Å². The van der Waals surface area contributed by atoms with Crippen LogP contribution < -0.4 is 5.90 Å². The van der Waals surface area contributed by atoms with E-state index in [1.165, 1.54) is 24.8 Å². The third kappa shape index (κ3) is 253. The molecule has 0 aliphatic rings. The summed E-state index contributed by atoms with van der Waals surface area (Å²) < 4.78 is 125. The van der Waals surface area contributed by atoms with Crippen LogP contribution >= 0.6 is 143 Å². The fourth-order valence-corrected chi connectivity index (χ4v) is 15.4. The standard InChI is InChI=1S/C10H14OS.C8H18OS2.C7H12O3.C7H16OS2.C7H16OS.2C6H12O3.2C6H14OS2.C6H12O.C5H9NOS.C5H12OS2.C4H7F2N3O.C4H8FN3O.C4H9N3O.C3H7NO3.C3H9NO/c1-9(2)11-8-12-10-6-4-3-5-7-10;1-7(2)9-6-10-11-8(3,4)5;1-4-5-9-7(8)10-6(2)3;1-6(2)8-5-9-10-7(3)4;1-5-9-7(4)8-6(2)3;2*1-4-8-6(7)9-5(2)3;1-5(2)7-6(3)9-8-4;1-4-8-9-5-7-6(2)3;1-4-5-7-6(2)3;1-5(2)7-4-8-3-6;1-5(2)6-4-8-7-3;1-3(2)10-4(5,6)8-9-7;1-3(2)9-4(5)7-8-6;1-4(2)8-3-6-7-5;1-3(2)7-4(5)6;1-3(2)5-4/h3-7,9H,8H2,1-2H3;7H,6H2,1-5H3;4,6H,1,5H2,2-3H3;6-7H,5H2,1-4H3;6-7H,5H2,1-4H3;2*5H,4H2,1-3H3;5-6H,1-4H3;6H,4-5H2,1-3H3;4,6H,1,5H2,2-3H3;5H,4H2,1-2H3;5H,4H2,1-3H3;3H,1-2H3;3-4H,1-2H3;4H,3H2,1-2H3;3H,1-2H3;3H,4H2,1-2H3. The first-order valence-corrected chi connectivity index (χ1v) is 64.2. The molecule has 0 bridgehead atoms. The SMILES string of the molecule is C=CCOC(=O)OC(C)C.C=CCOC(C)C.CC(C)OC(F)(F)N=[N+]=[N-].CC(C)OC(F)N=[N+]=[N-].CC(C)OCN=[N+]=[N-].CC(C)OCSC#N.CC(C)OCSSC(C)(C)C.CC(C)OCSSC(C)C.CC(C)OCSc1ccccc1.CC(C)ON.CC(C)O[N+](=O)[O-].CCOC(=O)OC(C)C.CCOC(=O)OC(C)C.CCSC(C)OC(C)C.CCSSCOC(C)C.CSSC(C)OC(C)C.CSSCOC(C)C. The lowest BCUT2D eigenvalue weighted by Gasteiger charge is -2.16. The highest BCUT2D eigenvalue weighted by atomic mass is 33.1. The van der Waals surface area contributed by atoms with Crippen LogP contribution in [0.3, 0.4) is 0 Å². The number of hydrogen-bond donors (Lipinski definition) is 1. The Morgan fingerprint density at radius 2 is 0.853 bits per heavy atom. The van der Waals surface area contributed by atoms with E-state index in [0.29, 0.717) is 95.5 Å². The van der Waals surface area contributed by atoms with Gasteiger partial charge < -0.3 is 94.9 Å². The zero-order chi connectivity index (χ0) is 120. The fourth-order valence-electron chi connectivity index (χ4n) is 5.67. The molecule has 0 aromatic heterocycles. The van der Waals surface area contributed by atoms with Crippen molar-refractivity contribution in [2.45, 2.75) is 454 Å². The average Bonchev–Trinajstić information content (AvgIpc) is 0.929. The number of hydrogen-bond acceptors (Lipinski definition) is 43. The molecule has 0 heterocycles. The summed E-state index contributed by atoms with van der Waals surface area (Å²) in [4.78, 5) is 56.8. The van der Waals surface area contributed by atoms with Gasteiger partial charge in [0.15, 0.2) is 0 Å². The molecule has 0 fully saturated rings. The molecule has 898 valence electrons. The number of nitrogens with two attached hydrogens (primary N) is 1. The second-order valence-electron chi connectivity index (χ2n) is 33.3. The van der Waals surface area contributed by atoms with E-state index in [4.69, 9.17) is 69.2 Å². The first-order chi connectivity index (χ1) is 69.5. The van der Waals surface area contributed by atoms with Crippen LogP contribution in [0.15, 0.2) is 75.9 Å². The van der Waals surface area contributed by atoms with Crippen molar-refractivity contribution < 1.29 is 128 Å². The van der Waals surface area contributed by atoms with Gasteiger partial charge in [0.2, 0.25) is 0 Å². The molecule has 0 saturated carbocycles. The van der Waals surface area contributed by atoms with Crippen molar-refractivity contribution in [3.63, 3.8) is 0 Å². The maximum absolute atomic E-state index is 12.0. The van der Waals surface area contributed by atoms with Crippen LogP contribution in [0.2, 0.25) is 0 Å². The van der Waals surface area contributed by atoms with Crippen molar-refractivity contribution in [2.75, 3.05) is 92.8 Å². The van der Waals surface area contributed by atoms with Gasteiger partial charge in [0.1, 0.15) is 65.4 Å². The van der Waals surface area contributed by atoms with Gasteiger partial charge in [-0.1, -0.05) is 210 Å². The van der Waals surface area contributed by atoms with E-state index in [2.05, 4.69) is 242 Å². The van der Waals surface area contributed by atoms with Gasteiger partial charge in [-0.3, -0.25) is 0 Å². The van der Waals surface area contributed by atoms with Crippen LogP contribution in [0.5, 0.6) is 0 Å². The number of rotatable bonds is 55. The molecule has 1 aromatic rings. The number of thioether (sulfide) groups is 3. The third-order valence-corrected chi connectivity index (χ3v) is 24.0. The Kier molecular flexibility index (Phi) is 173. The molecule has 0 saturated heterocycles. The van der Waals surface area contributed by atoms with E-state index in [1.807, 2.05) is 162 Å². The molecular formula is C97H201F3N12O25S13. The lowest BCUT2D eigenvalue weighted by Crippen LogP contribution is -2.21. The van der Waals surface area contributed by atoms with Gasteiger partial charge in [-0.15, -0.1) is 28.5 Å². The molecule has 3 unspecified atom stereocenters. The van der Waals surface area contributed by atoms with Crippen LogP contribution in [0.4, 0.5) is 27.6 Å². The van der Waals surface area contributed by atoms with Crippen LogP contribution in [0.1, 0.15) is 312 Å². The molecule has 0 spiro atoms. The summed E-state index contributed by atoms with van der Waals surface area (Å²) in [5.74, 6) is 11.4. The smallest absolute Gasteiger partial charge is 0.435 e. The highest BCUT2D eigenvalue weighted by Gasteiger charge is 2.29. The fraction of sp³-hybridized carbons (Fsp3) is 0.856. The molecule has 3 atom stereocenters. The maximum Gasteiger partial charge on any atom is 0.508 e. The topological polar surface area (TPSA) is 475 Å². The van der Waals surface area contributed by atoms with Gasteiger partial charge in [0, 0.05) is 40.5 Å². The first kappa shape index (κ1) is 183. The van der Waals surface area contributed by atoms with Crippen LogP contribution in [-0.4, -0.2) is 254 Å². The van der Waals surface area contributed by atoms with Gasteiger partial charge in [0.25, 0.3) is 11.6 Å². The molecule has 150 heavy (non-hydrogen) atoms. The monoisotopic (exact) mass is 2410 g/mol. The van der Waals surface area contributed by atoms with E-state index in [1.54, 1.807) is 176 Å². The second-order valence-corrected chi connectivity index (χ2v) is 50.6. The Labute approximate surface area is 957 Å². The number of carbonyl (C=O) groups is 3. The Bertz CT molecular complexity index is 3100. The summed E-state index contributed by atoms with van der Waals surface area (Å²) >= 11 is 4.68. The minimum Gasteiger partial charge on any atom is -0.435 e. The quantitative estimate of drug-likeness (QED) is 0.00502. The number of alkyl halides is 3. The van der Waals surface area contributed by atoms with Crippen LogP contribution in [-0.2, 0) is 94.9 Å². The molecule has 0 aliphatic carbocycles. The van der Waals surface area contributed by atoms with Gasteiger partial charge in [-0.2, -0.15) is 14.0 Å². The van der Waals surface area contributed by atoms with Crippen LogP contribution in [0, 0.1) is 20.8 Å². The number of ether oxygens (including phenoxy) is 18. The largest absolute Gasteiger partial charge is 0.508 e. The second kappa shape index (κ2) is 142. The number of azide groups is 3. The highest BCUT2D eigenvalue weighted by molar-refractivity contribution is 8.78. The molecule has 2 N–H and O–H groups in total. The summed E-state index contributed by atoms with van der Waals surface area (Å²) in [6.07, 6.45) is 3.59. The summed E-state index contributed by atoms with van der Waals surface area (Å²) in [5, 5.41) is 27.2. The molecule has 0 radical (unpaired) electrons. The predicted molar refractivity (Wildman–Crippen MR) is 645 cm³/mol. The highest BCUT2D eigenvalue weighted by Crippen LogP contribution is 2.35. The lowest BCUT2D eigenvalue weighted by atomic mass is 10.3. The van der Waals surface area contributed by atoms with Crippen LogP contribution in [0.25, 0.3) is 31.3 Å². The normalized spacial score (nSPS) is 10.9. The number of thiocyanates is 1. The maximum atomic E-state index is 12.0. The van der Waals surface area contributed by atoms with Crippen molar-refractivity contribution in [3.8, 4) is 5.40 Å². The van der Waals surface area contributed by atoms with Gasteiger partial charge >= 0.3 is 24.7 Å². The number of nitriles is 1. The van der Waals surface area contributed by atoms with Crippen molar-refractivity contribution >= 4 is 162 Å². The Morgan fingerprint density at radius 3 is 1.15 bits per heavy atom. The van der Waals surface area contributed by atoms with Gasteiger partial charge in [-0.25, -0.2) is 24.7 Å². The molecule has 1 aromatic carbocycles. The first-order valence-electron chi connectivity index (χ1n) is 48.6. The van der Waals surface area contributed by atoms with E-state index in [0.717, 1.165) is 53.0 Å². The molecule has 37 nitrogen and oxygen atoms in total. The summed E-state index contributed by atoms with van der Waals surface area (Å²) in [7, 11) is 17.9. The average molecular weight is 2410 g/mol. The molecule has 0 amide bonds. The Hall–Kier alpha value is -3.09. The molecule has 1 rings (SSSR count). The number of halogens is 3. The zero-order valence-corrected chi connectivity index (χ0v) is 110. The number of nitrogens with zero attached hydrogens (tertiary/aromatic N) is 11. The minimum absolute atomic E-state index is 0.0935. The van der Waals surface area contributed by atoms with E-state index >= 15 is 0 Å². The molecular weight excluding hydrogens is 2210 g/mol.